The Morgan fingerprint density at radius 1 is 0.786 bits per heavy atom. The highest BCUT2D eigenvalue weighted by molar-refractivity contribution is 5.80. The predicted octanol–water partition coefficient (Wildman–Crippen LogP) is 1.96. The van der Waals surface area contributed by atoms with Crippen LogP contribution in [0, 0.1) is 5.92 Å². The van der Waals surface area contributed by atoms with Gasteiger partial charge in [0.2, 0.25) is 11.8 Å². The second-order valence-corrected chi connectivity index (χ2v) is 8.94. The van der Waals surface area contributed by atoms with Crippen LogP contribution in [0.5, 0.6) is 0 Å². The van der Waals surface area contributed by atoms with E-state index in [-0.39, 0.29) is 23.8 Å². The molecule has 0 atom stereocenters. The SMILES string of the molecule is O=C(NC1CCCC1)N1CCC(C(=O)N2CCC(N3CCCC3=O)CC2)CC1. The maximum atomic E-state index is 12.9. The lowest BCUT2D eigenvalue weighted by atomic mass is 9.93. The van der Waals surface area contributed by atoms with Gasteiger partial charge in [-0.2, -0.15) is 0 Å². The maximum Gasteiger partial charge on any atom is 0.317 e. The molecule has 0 radical (unpaired) electrons. The van der Waals surface area contributed by atoms with Gasteiger partial charge < -0.3 is 20.0 Å². The molecule has 4 fully saturated rings. The summed E-state index contributed by atoms with van der Waals surface area (Å²) in [5.74, 6) is 0.579. The molecule has 4 aliphatic rings. The van der Waals surface area contributed by atoms with Crippen molar-refractivity contribution in [3.8, 4) is 0 Å². The van der Waals surface area contributed by atoms with E-state index in [4.69, 9.17) is 0 Å². The van der Waals surface area contributed by atoms with Crippen LogP contribution in [-0.4, -0.2) is 77.4 Å². The van der Waals surface area contributed by atoms with E-state index in [1.165, 1.54) is 12.8 Å². The number of amides is 4. The number of piperidine rings is 2. The summed E-state index contributed by atoms with van der Waals surface area (Å²) in [6, 6.07) is 0.713. The third-order valence-electron chi connectivity index (χ3n) is 7.14. The van der Waals surface area contributed by atoms with Gasteiger partial charge in [-0.3, -0.25) is 9.59 Å². The molecule has 3 aliphatic heterocycles. The van der Waals surface area contributed by atoms with Crippen LogP contribution in [0.15, 0.2) is 0 Å². The van der Waals surface area contributed by atoms with Gasteiger partial charge in [0.25, 0.3) is 0 Å². The van der Waals surface area contributed by atoms with E-state index in [2.05, 4.69) is 5.32 Å². The lowest BCUT2D eigenvalue weighted by Gasteiger charge is -2.39. The van der Waals surface area contributed by atoms with Gasteiger partial charge >= 0.3 is 6.03 Å². The first kappa shape index (κ1) is 19.5. The summed E-state index contributed by atoms with van der Waals surface area (Å²) in [4.78, 5) is 43.2. The molecule has 7 heteroatoms. The fourth-order valence-corrected chi connectivity index (χ4v) is 5.38. The molecule has 7 nitrogen and oxygen atoms in total. The number of nitrogens with zero attached hydrogens (tertiary/aromatic N) is 3. The van der Waals surface area contributed by atoms with E-state index in [0.717, 1.165) is 64.6 Å². The van der Waals surface area contributed by atoms with Crippen molar-refractivity contribution in [2.75, 3.05) is 32.7 Å². The molecule has 28 heavy (non-hydrogen) atoms. The largest absolute Gasteiger partial charge is 0.342 e. The van der Waals surface area contributed by atoms with Crippen molar-refractivity contribution >= 4 is 17.8 Å². The number of urea groups is 1. The molecule has 0 aromatic rings. The topological polar surface area (TPSA) is 73.0 Å². The van der Waals surface area contributed by atoms with E-state index in [0.29, 0.717) is 31.6 Å². The molecule has 0 unspecified atom stereocenters. The minimum Gasteiger partial charge on any atom is -0.342 e. The number of hydrogen-bond acceptors (Lipinski definition) is 3. The van der Waals surface area contributed by atoms with Crippen molar-refractivity contribution in [3.63, 3.8) is 0 Å². The van der Waals surface area contributed by atoms with Crippen molar-refractivity contribution in [1.29, 1.82) is 0 Å². The second-order valence-electron chi connectivity index (χ2n) is 8.94. The average molecular weight is 391 g/mol. The molecule has 4 rings (SSSR count). The number of likely N-dealkylation sites (tertiary alicyclic amines) is 3. The summed E-state index contributed by atoms with van der Waals surface area (Å²) in [7, 11) is 0. The van der Waals surface area contributed by atoms with Crippen LogP contribution in [0.25, 0.3) is 0 Å². The molecular weight excluding hydrogens is 356 g/mol. The van der Waals surface area contributed by atoms with Crippen LogP contribution in [0.1, 0.15) is 64.2 Å². The van der Waals surface area contributed by atoms with E-state index < -0.39 is 0 Å². The van der Waals surface area contributed by atoms with E-state index in [1.54, 1.807) is 0 Å². The average Bonchev–Trinajstić information content (AvgIpc) is 3.39. The first-order valence-corrected chi connectivity index (χ1v) is 11.3. The van der Waals surface area contributed by atoms with E-state index in [9.17, 15) is 14.4 Å². The molecule has 3 saturated heterocycles. The molecule has 1 aliphatic carbocycles. The van der Waals surface area contributed by atoms with Gasteiger partial charge in [0.15, 0.2) is 0 Å². The summed E-state index contributed by atoms with van der Waals surface area (Å²) in [6.45, 7) is 3.76. The molecule has 1 saturated carbocycles. The fourth-order valence-electron chi connectivity index (χ4n) is 5.38. The highest BCUT2D eigenvalue weighted by Crippen LogP contribution is 2.26. The number of carbonyl (C=O) groups excluding carboxylic acids is 3. The summed E-state index contributed by atoms with van der Waals surface area (Å²) < 4.78 is 0. The van der Waals surface area contributed by atoms with Crippen molar-refractivity contribution in [2.24, 2.45) is 5.92 Å². The number of carbonyl (C=O) groups is 3. The molecule has 0 aromatic carbocycles. The Morgan fingerprint density at radius 2 is 1.43 bits per heavy atom. The van der Waals surface area contributed by atoms with E-state index >= 15 is 0 Å². The third kappa shape index (κ3) is 4.28. The minimum atomic E-state index is 0.0421. The first-order chi connectivity index (χ1) is 13.6. The van der Waals surface area contributed by atoms with Crippen LogP contribution in [0.4, 0.5) is 4.79 Å². The Kier molecular flexibility index (Phi) is 6.07. The summed E-state index contributed by atoms with van der Waals surface area (Å²) in [5, 5.41) is 3.15. The smallest absolute Gasteiger partial charge is 0.317 e. The molecule has 3 heterocycles. The zero-order valence-electron chi connectivity index (χ0n) is 16.9. The third-order valence-corrected chi connectivity index (χ3v) is 7.14. The molecule has 4 amide bonds. The van der Waals surface area contributed by atoms with Crippen LogP contribution < -0.4 is 5.32 Å². The quantitative estimate of drug-likeness (QED) is 0.801. The molecule has 0 bridgehead atoms. The molecule has 0 aromatic heterocycles. The fraction of sp³-hybridized carbons (Fsp3) is 0.857. The standard InChI is InChI=1S/C21H34N4O3/c26-19-6-3-11-25(19)18-9-14-23(15-10-18)20(27)16-7-12-24(13-8-16)21(28)22-17-4-1-2-5-17/h16-18H,1-15H2,(H,22,28). The van der Waals surface area contributed by atoms with Gasteiger partial charge in [-0.15, -0.1) is 0 Å². The van der Waals surface area contributed by atoms with Gasteiger partial charge in [0.05, 0.1) is 0 Å². The lowest BCUT2D eigenvalue weighted by Crippen LogP contribution is -2.51. The predicted molar refractivity (Wildman–Crippen MR) is 106 cm³/mol. The summed E-state index contributed by atoms with van der Waals surface area (Å²) in [5.41, 5.74) is 0. The van der Waals surface area contributed by atoms with Gasteiger partial charge in [0.1, 0.15) is 0 Å². The zero-order chi connectivity index (χ0) is 19.5. The van der Waals surface area contributed by atoms with Gasteiger partial charge in [-0.1, -0.05) is 12.8 Å². The number of nitrogens with one attached hydrogen (secondary N) is 1. The Bertz CT molecular complexity index is 588. The number of hydrogen-bond donors (Lipinski definition) is 1. The van der Waals surface area contributed by atoms with Crippen molar-refractivity contribution < 1.29 is 14.4 Å². The lowest BCUT2D eigenvalue weighted by molar-refractivity contribution is -0.139. The Hall–Kier alpha value is -1.79. The molecular formula is C21H34N4O3. The van der Waals surface area contributed by atoms with Crippen LogP contribution >= 0.6 is 0 Å². The molecule has 1 N–H and O–H groups in total. The monoisotopic (exact) mass is 390 g/mol. The molecule has 156 valence electrons. The van der Waals surface area contributed by atoms with E-state index in [1.807, 2.05) is 14.7 Å². The van der Waals surface area contributed by atoms with Crippen LogP contribution in [-0.2, 0) is 9.59 Å². The van der Waals surface area contributed by atoms with Crippen molar-refractivity contribution in [1.82, 2.24) is 20.0 Å². The van der Waals surface area contributed by atoms with Crippen molar-refractivity contribution in [3.05, 3.63) is 0 Å². The van der Waals surface area contributed by atoms with Gasteiger partial charge in [-0.25, -0.2) is 4.79 Å². The molecule has 0 spiro atoms. The Morgan fingerprint density at radius 3 is 2.04 bits per heavy atom. The number of rotatable bonds is 3. The van der Waals surface area contributed by atoms with Gasteiger partial charge in [0, 0.05) is 57.1 Å². The Balaban J connectivity index is 1.20. The maximum absolute atomic E-state index is 12.9. The highest BCUT2D eigenvalue weighted by atomic mass is 16.2. The first-order valence-electron chi connectivity index (χ1n) is 11.3. The van der Waals surface area contributed by atoms with Crippen LogP contribution in [0.2, 0.25) is 0 Å². The second kappa shape index (κ2) is 8.70. The Labute approximate surface area is 167 Å². The van der Waals surface area contributed by atoms with Gasteiger partial charge in [-0.05, 0) is 44.9 Å². The summed E-state index contributed by atoms with van der Waals surface area (Å²) >= 11 is 0. The normalized spacial score (nSPS) is 25.6. The highest BCUT2D eigenvalue weighted by Gasteiger charge is 2.35. The minimum absolute atomic E-state index is 0.0421. The zero-order valence-corrected chi connectivity index (χ0v) is 16.9. The summed E-state index contributed by atoms with van der Waals surface area (Å²) in [6.07, 6.45) is 9.62. The van der Waals surface area contributed by atoms with Crippen molar-refractivity contribution in [2.45, 2.75) is 76.3 Å². The van der Waals surface area contributed by atoms with Crippen LogP contribution in [0.3, 0.4) is 0 Å².